The number of hydrogen-bond acceptors (Lipinski definition) is 6. The van der Waals surface area contributed by atoms with Crippen LogP contribution < -0.4 is 15.5 Å². The monoisotopic (exact) mass is 309 g/mol. The Morgan fingerprint density at radius 1 is 1.13 bits per heavy atom. The standard InChI is InChI=1S/C16H19N7/c1-4-17-7-9-23(8-1)16-19-6-3-14(22-16)21-13-10-12-2-5-18-15(12)20-11-13/h2-3,5-6,10-11,17H,1,4,7-9H2,(H,18,20)(H,19,21,22). The number of nitrogens with one attached hydrogen (secondary N) is 3. The number of pyridine rings is 1. The Morgan fingerprint density at radius 3 is 3.13 bits per heavy atom. The first-order valence-corrected chi connectivity index (χ1v) is 7.87. The van der Waals surface area contributed by atoms with Crippen LogP contribution in [-0.2, 0) is 0 Å². The largest absolute Gasteiger partial charge is 0.346 e. The van der Waals surface area contributed by atoms with Gasteiger partial charge < -0.3 is 20.5 Å². The van der Waals surface area contributed by atoms with Crippen molar-refractivity contribution in [3.63, 3.8) is 0 Å². The van der Waals surface area contributed by atoms with E-state index in [-0.39, 0.29) is 0 Å². The second-order valence-electron chi connectivity index (χ2n) is 5.60. The van der Waals surface area contributed by atoms with E-state index in [1.54, 1.807) is 12.4 Å². The third-order valence-corrected chi connectivity index (χ3v) is 3.94. The molecule has 3 N–H and O–H groups in total. The van der Waals surface area contributed by atoms with Crippen molar-refractivity contribution < 1.29 is 0 Å². The molecule has 0 aromatic carbocycles. The number of hydrogen-bond donors (Lipinski definition) is 3. The van der Waals surface area contributed by atoms with Crippen LogP contribution in [0.4, 0.5) is 17.5 Å². The molecular formula is C16H19N7. The molecule has 1 aliphatic rings. The molecule has 3 aromatic rings. The number of anilines is 3. The van der Waals surface area contributed by atoms with E-state index >= 15 is 0 Å². The maximum atomic E-state index is 4.64. The van der Waals surface area contributed by atoms with Crippen LogP contribution in [0.25, 0.3) is 11.0 Å². The molecule has 0 unspecified atom stereocenters. The Kier molecular flexibility index (Phi) is 3.77. The Labute approximate surface area is 134 Å². The molecule has 118 valence electrons. The third-order valence-electron chi connectivity index (χ3n) is 3.94. The van der Waals surface area contributed by atoms with Gasteiger partial charge in [0.1, 0.15) is 11.5 Å². The molecule has 0 atom stereocenters. The van der Waals surface area contributed by atoms with E-state index < -0.39 is 0 Å². The van der Waals surface area contributed by atoms with Crippen LogP contribution in [0.3, 0.4) is 0 Å². The Balaban J connectivity index is 1.55. The van der Waals surface area contributed by atoms with Gasteiger partial charge in [-0.05, 0) is 31.2 Å². The summed E-state index contributed by atoms with van der Waals surface area (Å²) in [7, 11) is 0. The van der Waals surface area contributed by atoms with Gasteiger partial charge in [0.15, 0.2) is 0 Å². The number of aromatic amines is 1. The van der Waals surface area contributed by atoms with Gasteiger partial charge in [-0.1, -0.05) is 0 Å². The number of rotatable bonds is 3. The second kappa shape index (κ2) is 6.21. The molecule has 0 radical (unpaired) electrons. The van der Waals surface area contributed by atoms with Gasteiger partial charge in [-0.15, -0.1) is 0 Å². The minimum absolute atomic E-state index is 0.773. The summed E-state index contributed by atoms with van der Waals surface area (Å²) in [6.07, 6.45) is 6.59. The smallest absolute Gasteiger partial charge is 0.227 e. The van der Waals surface area contributed by atoms with E-state index in [1.807, 2.05) is 18.3 Å². The van der Waals surface area contributed by atoms with Crippen molar-refractivity contribution in [3.05, 3.63) is 36.8 Å². The molecule has 0 spiro atoms. The quantitative estimate of drug-likeness (QED) is 0.685. The lowest BCUT2D eigenvalue weighted by molar-refractivity contribution is 0.724. The van der Waals surface area contributed by atoms with Crippen molar-refractivity contribution in [2.75, 3.05) is 36.4 Å². The third kappa shape index (κ3) is 3.09. The fourth-order valence-corrected chi connectivity index (χ4v) is 2.77. The van der Waals surface area contributed by atoms with Crippen molar-refractivity contribution in [2.45, 2.75) is 6.42 Å². The average Bonchev–Trinajstić information content (AvgIpc) is 2.87. The first kappa shape index (κ1) is 14.0. The first-order valence-electron chi connectivity index (χ1n) is 7.87. The van der Waals surface area contributed by atoms with Crippen molar-refractivity contribution >= 4 is 28.5 Å². The molecule has 0 bridgehead atoms. The lowest BCUT2D eigenvalue weighted by atomic mass is 10.3. The average molecular weight is 309 g/mol. The topological polar surface area (TPSA) is 81.8 Å². The molecule has 4 heterocycles. The van der Waals surface area contributed by atoms with Crippen LogP contribution in [0, 0.1) is 0 Å². The molecule has 1 fully saturated rings. The van der Waals surface area contributed by atoms with Crippen molar-refractivity contribution in [1.29, 1.82) is 0 Å². The lowest BCUT2D eigenvalue weighted by Crippen LogP contribution is -2.29. The van der Waals surface area contributed by atoms with Gasteiger partial charge in [-0.25, -0.2) is 9.97 Å². The number of fused-ring (bicyclic) bond motifs is 1. The fraction of sp³-hybridized carbons (Fsp3) is 0.312. The van der Waals surface area contributed by atoms with Gasteiger partial charge in [0.2, 0.25) is 5.95 Å². The summed E-state index contributed by atoms with van der Waals surface area (Å²) in [6.45, 7) is 3.93. The zero-order chi connectivity index (χ0) is 15.5. The molecule has 0 aliphatic carbocycles. The SMILES string of the molecule is c1cc(Nc2cnc3[nH]ccc3c2)nc(N2CCCNCC2)n1. The van der Waals surface area contributed by atoms with Crippen molar-refractivity contribution in [2.24, 2.45) is 0 Å². The maximum Gasteiger partial charge on any atom is 0.227 e. The van der Waals surface area contributed by atoms with Gasteiger partial charge in [0, 0.05) is 37.4 Å². The van der Waals surface area contributed by atoms with E-state index in [9.17, 15) is 0 Å². The molecule has 1 saturated heterocycles. The van der Waals surface area contributed by atoms with Gasteiger partial charge in [0.05, 0.1) is 11.9 Å². The summed E-state index contributed by atoms with van der Waals surface area (Å²) >= 11 is 0. The molecule has 7 nitrogen and oxygen atoms in total. The highest BCUT2D eigenvalue weighted by molar-refractivity contribution is 5.79. The van der Waals surface area contributed by atoms with Crippen molar-refractivity contribution in [1.82, 2.24) is 25.3 Å². The van der Waals surface area contributed by atoms with E-state index in [1.165, 1.54) is 0 Å². The Bertz CT molecular complexity index is 790. The van der Waals surface area contributed by atoms with Gasteiger partial charge in [-0.3, -0.25) is 0 Å². The summed E-state index contributed by atoms with van der Waals surface area (Å²) in [5.74, 6) is 1.55. The van der Waals surface area contributed by atoms with E-state index in [2.05, 4.69) is 41.5 Å². The van der Waals surface area contributed by atoms with E-state index in [4.69, 9.17) is 0 Å². The minimum Gasteiger partial charge on any atom is -0.346 e. The highest BCUT2D eigenvalue weighted by Crippen LogP contribution is 2.20. The molecule has 3 aromatic heterocycles. The van der Waals surface area contributed by atoms with Gasteiger partial charge in [0.25, 0.3) is 0 Å². The van der Waals surface area contributed by atoms with Gasteiger partial charge in [-0.2, -0.15) is 4.98 Å². The molecule has 23 heavy (non-hydrogen) atoms. The second-order valence-corrected chi connectivity index (χ2v) is 5.60. The predicted molar refractivity (Wildman–Crippen MR) is 91.1 cm³/mol. The Morgan fingerprint density at radius 2 is 2.13 bits per heavy atom. The highest BCUT2D eigenvalue weighted by Gasteiger charge is 2.12. The number of aromatic nitrogens is 4. The van der Waals surface area contributed by atoms with Crippen molar-refractivity contribution in [3.8, 4) is 0 Å². The van der Waals surface area contributed by atoms with Crippen LogP contribution in [0.1, 0.15) is 6.42 Å². The Hall–Kier alpha value is -2.67. The zero-order valence-electron chi connectivity index (χ0n) is 12.8. The molecular weight excluding hydrogens is 290 g/mol. The highest BCUT2D eigenvalue weighted by atomic mass is 15.3. The molecule has 1 aliphatic heterocycles. The lowest BCUT2D eigenvalue weighted by Gasteiger charge is -2.20. The fourth-order valence-electron chi connectivity index (χ4n) is 2.77. The van der Waals surface area contributed by atoms with Crippen LogP contribution in [0.15, 0.2) is 36.8 Å². The number of H-pyrrole nitrogens is 1. The summed E-state index contributed by atoms with van der Waals surface area (Å²) < 4.78 is 0. The van der Waals surface area contributed by atoms with Crippen LogP contribution in [-0.4, -0.2) is 46.1 Å². The maximum absolute atomic E-state index is 4.64. The summed E-state index contributed by atoms with van der Waals surface area (Å²) in [6, 6.07) is 5.93. The normalized spacial score (nSPS) is 15.6. The summed E-state index contributed by atoms with van der Waals surface area (Å²) in [5.41, 5.74) is 1.80. The predicted octanol–water partition coefficient (Wildman–Crippen LogP) is 1.90. The van der Waals surface area contributed by atoms with Crippen LogP contribution in [0.2, 0.25) is 0 Å². The van der Waals surface area contributed by atoms with E-state index in [0.717, 1.165) is 61.1 Å². The van der Waals surface area contributed by atoms with E-state index in [0.29, 0.717) is 0 Å². The molecule has 0 amide bonds. The first-order chi connectivity index (χ1) is 11.4. The summed E-state index contributed by atoms with van der Waals surface area (Å²) in [4.78, 5) is 18.8. The summed E-state index contributed by atoms with van der Waals surface area (Å²) in [5, 5.41) is 7.78. The molecule has 4 rings (SSSR count). The zero-order valence-corrected chi connectivity index (χ0v) is 12.8. The van der Waals surface area contributed by atoms with Crippen LogP contribution in [0.5, 0.6) is 0 Å². The molecule has 7 heteroatoms. The van der Waals surface area contributed by atoms with Gasteiger partial charge >= 0.3 is 0 Å². The molecule has 0 saturated carbocycles. The minimum atomic E-state index is 0.773. The number of nitrogens with zero attached hydrogens (tertiary/aromatic N) is 4. The van der Waals surface area contributed by atoms with Crippen LogP contribution >= 0.6 is 0 Å².